The smallest absolute Gasteiger partial charge is 0.232 e. The molecule has 1 heterocycles. The van der Waals surface area contributed by atoms with Crippen LogP contribution in [0.4, 0.5) is 5.69 Å². The molecule has 0 aromatic carbocycles. The highest BCUT2D eigenvalue weighted by Crippen LogP contribution is 2.10. The number of hydrogen-bond acceptors (Lipinski definition) is 3. The van der Waals surface area contributed by atoms with Gasteiger partial charge in [0.15, 0.2) is 0 Å². The molecule has 0 saturated carbocycles. The number of hydrogen-bond donors (Lipinski definition) is 1. The molecule has 4 nitrogen and oxygen atoms in total. The quantitative estimate of drug-likeness (QED) is 0.786. The fourth-order valence-electron chi connectivity index (χ4n) is 0.688. The lowest BCUT2D eigenvalue weighted by Gasteiger charge is -2.04. The number of aromatic nitrogens is 1. The average Bonchev–Trinajstić information content (AvgIpc) is 2.09. The summed E-state index contributed by atoms with van der Waals surface area (Å²) < 4.78 is 24.5. The molecule has 72 valence electrons. The molecule has 0 atom stereocenters. The van der Waals surface area contributed by atoms with E-state index in [-0.39, 0.29) is 5.75 Å². The van der Waals surface area contributed by atoms with Gasteiger partial charge in [0.2, 0.25) is 10.0 Å². The van der Waals surface area contributed by atoms with Crippen LogP contribution >= 0.6 is 11.6 Å². The zero-order valence-electron chi connectivity index (χ0n) is 6.99. The minimum absolute atomic E-state index is 0.0373. The van der Waals surface area contributed by atoms with Crippen LogP contribution in [0.25, 0.3) is 0 Å². The number of halogens is 1. The minimum Gasteiger partial charge on any atom is -0.282 e. The first-order valence-electron chi connectivity index (χ1n) is 3.65. The van der Waals surface area contributed by atoms with Crippen molar-refractivity contribution in [3.05, 3.63) is 23.5 Å². The topological polar surface area (TPSA) is 59.1 Å². The van der Waals surface area contributed by atoms with Crippen molar-refractivity contribution in [3.63, 3.8) is 0 Å². The first kappa shape index (κ1) is 10.3. The van der Waals surface area contributed by atoms with E-state index in [1.165, 1.54) is 12.3 Å². The maximum Gasteiger partial charge on any atom is 0.232 e. The lowest BCUT2D eigenvalue weighted by Crippen LogP contribution is -2.14. The second kappa shape index (κ2) is 3.93. The molecular formula is C7H9ClN2O2S. The second-order valence-electron chi connectivity index (χ2n) is 2.38. The summed E-state index contributed by atoms with van der Waals surface area (Å²) in [6.45, 7) is 1.56. The van der Waals surface area contributed by atoms with Crippen LogP contribution in [0, 0.1) is 0 Å². The van der Waals surface area contributed by atoms with Gasteiger partial charge in [0.05, 0.1) is 17.6 Å². The zero-order chi connectivity index (χ0) is 9.90. The molecule has 1 N–H and O–H groups in total. The van der Waals surface area contributed by atoms with Crippen LogP contribution < -0.4 is 4.72 Å². The maximum absolute atomic E-state index is 11.1. The molecule has 0 bridgehead atoms. The van der Waals surface area contributed by atoms with E-state index in [1.54, 1.807) is 13.0 Å². The highest BCUT2D eigenvalue weighted by atomic mass is 35.5. The van der Waals surface area contributed by atoms with Crippen LogP contribution in [0.1, 0.15) is 6.92 Å². The molecule has 1 aromatic heterocycles. The summed E-state index contributed by atoms with van der Waals surface area (Å²) in [5.74, 6) is 0.0373. The molecule has 0 spiro atoms. The van der Waals surface area contributed by atoms with E-state index in [2.05, 4.69) is 9.71 Å². The summed E-state index contributed by atoms with van der Waals surface area (Å²) in [7, 11) is -3.22. The van der Waals surface area contributed by atoms with Crippen molar-refractivity contribution in [2.24, 2.45) is 0 Å². The predicted molar refractivity (Wildman–Crippen MR) is 52.3 cm³/mol. The standard InChI is InChI=1S/C7H9ClN2O2S/c1-2-13(11,12)10-6-3-4-7(8)9-5-6/h3-5,10H,2H2,1H3. The Labute approximate surface area is 82.0 Å². The molecule has 1 rings (SSSR count). The molecule has 1 aromatic rings. The molecule has 0 saturated heterocycles. The third kappa shape index (κ3) is 3.20. The fraction of sp³-hybridized carbons (Fsp3) is 0.286. The van der Waals surface area contributed by atoms with Gasteiger partial charge in [-0.3, -0.25) is 4.72 Å². The molecule has 0 aliphatic carbocycles. The maximum atomic E-state index is 11.1. The first-order valence-corrected chi connectivity index (χ1v) is 5.68. The van der Waals surface area contributed by atoms with Crippen molar-refractivity contribution < 1.29 is 8.42 Å². The van der Waals surface area contributed by atoms with E-state index in [0.717, 1.165) is 0 Å². The van der Waals surface area contributed by atoms with E-state index in [4.69, 9.17) is 11.6 Å². The Hall–Kier alpha value is -0.810. The van der Waals surface area contributed by atoms with Gasteiger partial charge >= 0.3 is 0 Å². The van der Waals surface area contributed by atoms with Gasteiger partial charge in [0, 0.05) is 0 Å². The summed E-state index contributed by atoms with van der Waals surface area (Å²) in [6, 6.07) is 3.08. The van der Waals surface area contributed by atoms with E-state index in [9.17, 15) is 8.42 Å². The summed E-state index contributed by atoms with van der Waals surface area (Å²) in [5, 5.41) is 0.333. The molecule has 0 radical (unpaired) electrons. The van der Waals surface area contributed by atoms with Gasteiger partial charge in [-0.2, -0.15) is 0 Å². The van der Waals surface area contributed by atoms with Crippen molar-refractivity contribution in [2.45, 2.75) is 6.92 Å². The van der Waals surface area contributed by atoms with Crippen molar-refractivity contribution in [2.75, 3.05) is 10.5 Å². The summed E-state index contributed by atoms with van der Waals surface area (Å²) >= 11 is 5.53. The van der Waals surface area contributed by atoms with Gasteiger partial charge in [0.25, 0.3) is 0 Å². The lowest BCUT2D eigenvalue weighted by atomic mass is 10.4. The summed E-state index contributed by atoms with van der Waals surface area (Å²) in [4.78, 5) is 3.74. The van der Waals surface area contributed by atoms with Crippen LogP contribution in [0.5, 0.6) is 0 Å². The molecule has 0 fully saturated rings. The van der Waals surface area contributed by atoms with Crippen LogP contribution in [0.2, 0.25) is 5.15 Å². The Kier molecular flexibility index (Phi) is 3.11. The van der Waals surface area contributed by atoms with Gasteiger partial charge in [-0.25, -0.2) is 13.4 Å². The van der Waals surface area contributed by atoms with Crippen molar-refractivity contribution in [1.82, 2.24) is 4.98 Å². The fourth-order valence-corrected chi connectivity index (χ4v) is 1.42. The summed E-state index contributed by atoms with van der Waals surface area (Å²) in [6.07, 6.45) is 1.37. The van der Waals surface area contributed by atoms with E-state index in [1.807, 2.05) is 0 Å². The van der Waals surface area contributed by atoms with Crippen LogP contribution in [-0.4, -0.2) is 19.2 Å². The largest absolute Gasteiger partial charge is 0.282 e. The number of pyridine rings is 1. The Morgan fingerprint density at radius 1 is 1.54 bits per heavy atom. The van der Waals surface area contributed by atoms with Gasteiger partial charge in [0.1, 0.15) is 5.15 Å². The molecule has 13 heavy (non-hydrogen) atoms. The Bertz CT molecular complexity index is 374. The number of sulfonamides is 1. The lowest BCUT2D eigenvalue weighted by molar-refractivity contribution is 0.602. The van der Waals surface area contributed by atoms with Crippen LogP contribution in [0.15, 0.2) is 18.3 Å². The third-order valence-corrected chi connectivity index (χ3v) is 2.91. The number of nitrogens with one attached hydrogen (secondary N) is 1. The molecule has 6 heteroatoms. The van der Waals surface area contributed by atoms with Gasteiger partial charge in [-0.05, 0) is 19.1 Å². The summed E-state index contributed by atoms with van der Waals surface area (Å²) in [5.41, 5.74) is 0.422. The molecule has 0 amide bonds. The van der Waals surface area contributed by atoms with Gasteiger partial charge in [-0.1, -0.05) is 11.6 Å². The van der Waals surface area contributed by atoms with Crippen molar-refractivity contribution in [3.8, 4) is 0 Å². The Morgan fingerprint density at radius 2 is 2.23 bits per heavy atom. The second-order valence-corrected chi connectivity index (χ2v) is 4.77. The highest BCUT2D eigenvalue weighted by molar-refractivity contribution is 7.92. The van der Waals surface area contributed by atoms with Gasteiger partial charge in [-0.15, -0.1) is 0 Å². The highest BCUT2D eigenvalue weighted by Gasteiger charge is 2.05. The SMILES string of the molecule is CCS(=O)(=O)Nc1ccc(Cl)nc1. The molecule has 0 unspecified atom stereocenters. The first-order chi connectivity index (χ1) is 6.03. The Morgan fingerprint density at radius 3 is 2.69 bits per heavy atom. The molecular weight excluding hydrogens is 212 g/mol. The number of nitrogens with zero attached hydrogens (tertiary/aromatic N) is 1. The van der Waals surface area contributed by atoms with E-state index in [0.29, 0.717) is 10.8 Å². The molecule has 0 aliphatic rings. The van der Waals surface area contributed by atoms with Crippen molar-refractivity contribution in [1.29, 1.82) is 0 Å². The van der Waals surface area contributed by atoms with Gasteiger partial charge < -0.3 is 0 Å². The van der Waals surface area contributed by atoms with Crippen LogP contribution in [0.3, 0.4) is 0 Å². The zero-order valence-corrected chi connectivity index (χ0v) is 8.56. The van der Waals surface area contributed by atoms with Crippen molar-refractivity contribution >= 4 is 27.3 Å². The predicted octanol–water partition coefficient (Wildman–Crippen LogP) is 1.50. The monoisotopic (exact) mass is 220 g/mol. The average molecular weight is 221 g/mol. The third-order valence-electron chi connectivity index (χ3n) is 1.38. The molecule has 0 aliphatic heterocycles. The Balaban J connectivity index is 2.82. The minimum atomic E-state index is -3.22. The number of rotatable bonds is 3. The van der Waals surface area contributed by atoms with E-state index < -0.39 is 10.0 Å². The van der Waals surface area contributed by atoms with E-state index >= 15 is 0 Å². The normalized spacial score (nSPS) is 11.2. The number of anilines is 1. The van der Waals surface area contributed by atoms with Crippen LogP contribution in [-0.2, 0) is 10.0 Å².